The normalized spacial score (nSPS) is 17.6. The molecule has 1 aromatic heterocycles. The average Bonchev–Trinajstić information content (AvgIpc) is 2.57. The van der Waals surface area contributed by atoms with E-state index in [1.165, 1.54) is 12.8 Å². The van der Waals surface area contributed by atoms with Gasteiger partial charge in [0, 0.05) is 25.7 Å². The molecule has 2 rings (SSSR count). The first kappa shape index (κ1) is 13.8. The number of aryl methyl sites for hydroxylation is 2. The molecule has 4 nitrogen and oxygen atoms in total. The lowest BCUT2D eigenvalue weighted by molar-refractivity contribution is 0.234. The summed E-state index contributed by atoms with van der Waals surface area (Å²) in [4.78, 5) is 2.37. The van der Waals surface area contributed by atoms with Crippen LogP contribution in [-0.2, 0) is 13.6 Å². The van der Waals surface area contributed by atoms with E-state index in [1.807, 2.05) is 14.0 Å². The fourth-order valence-corrected chi connectivity index (χ4v) is 2.93. The van der Waals surface area contributed by atoms with Crippen molar-refractivity contribution in [3.8, 4) is 0 Å². The number of nitrogens with zero attached hydrogens (tertiary/aromatic N) is 3. The van der Waals surface area contributed by atoms with Crippen molar-refractivity contribution >= 4 is 11.6 Å². The minimum atomic E-state index is 0.768. The third-order valence-electron chi connectivity index (χ3n) is 3.73. The molecule has 0 saturated carbocycles. The lowest BCUT2D eigenvalue weighted by Crippen LogP contribution is -2.34. The van der Waals surface area contributed by atoms with E-state index in [0.717, 1.165) is 48.5 Å². The SMILES string of the molecule is Cc1nn(C)c(Cl)c1CN(C)CC1CCNCC1. The second kappa shape index (κ2) is 6.04. The summed E-state index contributed by atoms with van der Waals surface area (Å²) in [6.07, 6.45) is 2.56. The number of nitrogens with one attached hydrogen (secondary N) is 1. The van der Waals surface area contributed by atoms with Gasteiger partial charge in [-0.2, -0.15) is 5.10 Å². The monoisotopic (exact) mass is 270 g/mol. The maximum atomic E-state index is 6.26. The van der Waals surface area contributed by atoms with E-state index in [2.05, 4.69) is 22.4 Å². The summed E-state index contributed by atoms with van der Waals surface area (Å²) in [5.41, 5.74) is 2.20. The van der Waals surface area contributed by atoms with Crippen LogP contribution >= 0.6 is 11.6 Å². The van der Waals surface area contributed by atoms with Crippen molar-refractivity contribution in [3.05, 3.63) is 16.4 Å². The smallest absolute Gasteiger partial charge is 0.131 e. The van der Waals surface area contributed by atoms with Gasteiger partial charge >= 0.3 is 0 Å². The van der Waals surface area contributed by atoms with Gasteiger partial charge in [-0.25, -0.2) is 0 Å². The molecule has 2 heterocycles. The Morgan fingerprint density at radius 2 is 2.11 bits per heavy atom. The van der Waals surface area contributed by atoms with Crippen LogP contribution in [0.3, 0.4) is 0 Å². The molecular weight excluding hydrogens is 248 g/mol. The highest BCUT2D eigenvalue weighted by Crippen LogP contribution is 2.21. The van der Waals surface area contributed by atoms with Crippen molar-refractivity contribution in [2.24, 2.45) is 13.0 Å². The summed E-state index contributed by atoms with van der Waals surface area (Å²) < 4.78 is 1.75. The highest BCUT2D eigenvalue weighted by atomic mass is 35.5. The van der Waals surface area contributed by atoms with Gasteiger partial charge in [-0.3, -0.25) is 4.68 Å². The summed E-state index contributed by atoms with van der Waals surface area (Å²) >= 11 is 6.26. The largest absolute Gasteiger partial charge is 0.317 e. The van der Waals surface area contributed by atoms with Crippen LogP contribution in [0.25, 0.3) is 0 Å². The second-order valence-corrected chi connectivity index (χ2v) is 5.73. The summed E-state index contributed by atoms with van der Waals surface area (Å²) in [5.74, 6) is 0.812. The van der Waals surface area contributed by atoms with Crippen molar-refractivity contribution in [2.45, 2.75) is 26.3 Å². The molecule has 1 aliphatic rings. The Morgan fingerprint density at radius 3 is 2.67 bits per heavy atom. The number of hydrogen-bond acceptors (Lipinski definition) is 3. The Balaban J connectivity index is 1.91. The molecule has 18 heavy (non-hydrogen) atoms. The first-order chi connectivity index (χ1) is 8.58. The van der Waals surface area contributed by atoms with Gasteiger partial charge < -0.3 is 10.2 Å². The van der Waals surface area contributed by atoms with Gasteiger partial charge in [0.25, 0.3) is 0 Å². The average molecular weight is 271 g/mol. The Bertz CT molecular complexity index is 396. The molecule has 0 aromatic carbocycles. The summed E-state index contributed by atoms with van der Waals surface area (Å²) in [7, 11) is 4.07. The molecule has 0 atom stereocenters. The number of halogens is 1. The molecule has 1 saturated heterocycles. The highest BCUT2D eigenvalue weighted by molar-refractivity contribution is 6.30. The Hall–Kier alpha value is -0.580. The van der Waals surface area contributed by atoms with Crippen LogP contribution in [0.15, 0.2) is 0 Å². The molecule has 1 fully saturated rings. The molecule has 1 N–H and O–H groups in total. The highest BCUT2D eigenvalue weighted by Gasteiger charge is 2.17. The first-order valence-corrected chi connectivity index (χ1v) is 7.03. The Morgan fingerprint density at radius 1 is 1.44 bits per heavy atom. The standard InChI is InChI=1S/C13H23ClN4/c1-10-12(13(14)18(3)16-10)9-17(2)8-11-4-6-15-7-5-11/h11,15H,4-9H2,1-3H3. The lowest BCUT2D eigenvalue weighted by atomic mass is 9.97. The first-order valence-electron chi connectivity index (χ1n) is 6.65. The fourth-order valence-electron chi connectivity index (χ4n) is 2.69. The zero-order valence-electron chi connectivity index (χ0n) is 11.5. The molecule has 0 unspecified atom stereocenters. The molecular formula is C13H23ClN4. The second-order valence-electron chi connectivity index (χ2n) is 5.37. The Kier molecular flexibility index (Phi) is 4.65. The predicted octanol–water partition coefficient (Wildman–Crippen LogP) is 1.81. The van der Waals surface area contributed by atoms with E-state index in [4.69, 9.17) is 11.6 Å². The molecule has 1 aromatic rings. The molecule has 0 radical (unpaired) electrons. The van der Waals surface area contributed by atoms with Crippen LogP contribution in [0.4, 0.5) is 0 Å². The van der Waals surface area contributed by atoms with Crippen molar-refractivity contribution < 1.29 is 0 Å². The van der Waals surface area contributed by atoms with E-state index in [-0.39, 0.29) is 0 Å². The summed E-state index contributed by atoms with van der Waals surface area (Å²) in [6.45, 7) is 6.38. The number of piperidine rings is 1. The van der Waals surface area contributed by atoms with E-state index < -0.39 is 0 Å². The van der Waals surface area contributed by atoms with Crippen LogP contribution in [0.1, 0.15) is 24.1 Å². The number of rotatable bonds is 4. The maximum absolute atomic E-state index is 6.26. The van der Waals surface area contributed by atoms with Gasteiger partial charge in [-0.05, 0) is 45.8 Å². The maximum Gasteiger partial charge on any atom is 0.131 e. The topological polar surface area (TPSA) is 33.1 Å². The van der Waals surface area contributed by atoms with Gasteiger partial charge in [0.1, 0.15) is 5.15 Å². The van der Waals surface area contributed by atoms with Crippen LogP contribution in [0, 0.1) is 12.8 Å². The zero-order chi connectivity index (χ0) is 13.1. The van der Waals surface area contributed by atoms with Gasteiger partial charge in [0.2, 0.25) is 0 Å². The zero-order valence-corrected chi connectivity index (χ0v) is 12.3. The quantitative estimate of drug-likeness (QED) is 0.906. The van der Waals surface area contributed by atoms with Crippen LogP contribution < -0.4 is 5.32 Å². The van der Waals surface area contributed by atoms with Crippen LogP contribution in [-0.4, -0.2) is 41.4 Å². The van der Waals surface area contributed by atoms with E-state index in [1.54, 1.807) is 4.68 Å². The minimum Gasteiger partial charge on any atom is -0.317 e. The molecule has 0 spiro atoms. The molecule has 0 aliphatic carbocycles. The fraction of sp³-hybridized carbons (Fsp3) is 0.769. The summed E-state index contributed by atoms with van der Waals surface area (Å²) in [5, 5.41) is 8.53. The molecule has 0 amide bonds. The van der Waals surface area contributed by atoms with Crippen molar-refractivity contribution in [2.75, 3.05) is 26.7 Å². The van der Waals surface area contributed by atoms with Crippen LogP contribution in [0.2, 0.25) is 5.15 Å². The van der Waals surface area contributed by atoms with Gasteiger partial charge in [-0.1, -0.05) is 11.6 Å². The van der Waals surface area contributed by atoms with Gasteiger partial charge in [0.05, 0.1) is 5.69 Å². The van der Waals surface area contributed by atoms with Gasteiger partial charge in [-0.15, -0.1) is 0 Å². The van der Waals surface area contributed by atoms with Gasteiger partial charge in [0.15, 0.2) is 0 Å². The molecule has 5 heteroatoms. The molecule has 0 bridgehead atoms. The number of aromatic nitrogens is 2. The summed E-state index contributed by atoms with van der Waals surface area (Å²) in [6, 6.07) is 0. The molecule has 102 valence electrons. The van der Waals surface area contributed by atoms with Crippen molar-refractivity contribution in [1.29, 1.82) is 0 Å². The van der Waals surface area contributed by atoms with Crippen LogP contribution in [0.5, 0.6) is 0 Å². The lowest BCUT2D eigenvalue weighted by Gasteiger charge is -2.27. The molecule has 1 aliphatic heterocycles. The Labute approximate surface area is 114 Å². The van der Waals surface area contributed by atoms with E-state index >= 15 is 0 Å². The van der Waals surface area contributed by atoms with E-state index in [9.17, 15) is 0 Å². The van der Waals surface area contributed by atoms with Crippen molar-refractivity contribution in [3.63, 3.8) is 0 Å². The third kappa shape index (κ3) is 3.25. The third-order valence-corrected chi connectivity index (χ3v) is 4.20. The number of hydrogen-bond donors (Lipinski definition) is 1. The minimum absolute atomic E-state index is 0.768. The van der Waals surface area contributed by atoms with E-state index in [0.29, 0.717) is 0 Å². The van der Waals surface area contributed by atoms with Crippen molar-refractivity contribution in [1.82, 2.24) is 20.0 Å². The predicted molar refractivity (Wildman–Crippen MR) is 74.9 cm³/mol.